The minimum absolute atomic E-state index is 0.246. The SMILES string of the molecule is CCCNC(=O)NC(=O)CN1CC(C)NCC1C. The van der Waals surface area contributed by atoms with E-state index in [2.05, 4.69) is 34.7 Å². The normalized spacial score (nSPS) is 24.6. The van der Waals surface area contributed by atoms with Crippen LogP contribution in [0.5, 0.6) is 0 Å². The maximum atomic E-state index is 11.7. The molecule has 0 saturated carbocycles. The van der Waals surface area contributed by atoms with Crippen molar-refractivity contribution in [1.82, 2.24) is 20.9 Å². The zero-order chi connectivity index (χ0) is 13.5. The van der Waals surface area contributed by atoms with E-state index < -0.39 is 6.03 Å². The van der Waals surface area contributed by atoms with E-state index in [0.717, 1.165) is 19.5 Å². The molecule has 0 bridgehead atoms. The molecule has 0 aliphatic carbocycles. The van der Waals surface area contributed by atoms with E-state index in [1.165, 1.54) is 0 Å². The van der Waals surface area contributed by atoms with E-state index in [4.69, 9.17) is 0 Å². The summed E-state index contributed by atoms with van der Waals surface area (Å²) in [5, 5.41) is 8.32. The molecule has 1 heterocycles. The number of nitrogens with zero attached hydrogens (tertiary/aromatic N) is 1. The standard InChI is InChI=1S/C12H24N4O2/c1-4-5-13-12(18)15-11(17)8-16-7-9(2)14-6-10(16)3/h9-10,14H,4-8H2,1-3H3,(H2,13,15,17,18). The summed E-state index contributed by atoms with van der Waals surface area (Å²) in [5.74, 6) is -0.246. The third-order valence-electron chi connectivity index (χ3n) is 3.03. The fourth-order valence-electron chi connectivity index (χ4n) is 1.95. The van der Waals surface area contributed by atoms with Gasteiger partial charge in [0.2, 0.25) is 5.91 Å². The van der Waals surface area contributed by atoms with Crippen LogP contribution in [0.3, 0.4) is 0 Å². The zero-order valence-electron chi connectivity index (χ0n) is 11.5. The lowest BCUT2D eigenvalue weighted by Crippen LogP contribution is -2.57. The number of amides is 3. The Balaban J connectivity index is 2.32. The average molecular weight is 256 g/mol. The van der Waals surface area contributed by atoms with Crippen molar-refractivity contribution in [3.63, 3.8) is 0 Å². The maximum Gasteiger partial charge on any atom is 0.321 e. The predicted octanol–water partition coefficient (Wildman–Crippen LogP) is -0.0956. The molecule has 6 nitrogen and oxygen atoms in total. The monoisotopic (exact) mass is 256 g/mol. The number of piperazine rings is 1. The van der Waals surface area contributed by atoms with Crippen LogP contribution >= 0.6 is 0 Å². The Morgan fingerprint density at radius 1 is 1.39 bits per heavy atom. The Kier molecular flexibility index (Phi) is 6.07. The van der Waals surface area contributed by atoms with Crippen LogP contribution in [0.2, 0.25) is 0 Å². The van der Waals surface area contributed by atoms with Gasteiger partial charge >= 0.3 is 6.03 Å². The summed E-state index contributed by atoms with van der Waals surface area (Å²) < 4.78 is 0. The van der Waals surface area contributed by atoms with Gasteiger partial charge in [-0.05, 0) is 20.3 Å². The Morgan fingerprint density at radius 2 is 2.11 bits per heavy atom. The fraction of sp³-hybridized carbons (Fsp3) is 0.833. The second-order valence-corrected chi connectivity index (χ2v) is 4.89. The van der Waals surface area contributed by atoms with Crippen molar-refractivity contribution in [2.24, 2.45) is 0 Å². The molecule has 0 aromatic rings. The van der Waals surface area contributed by atoms with Crippen LogP contribution in [0, 0.1) is 0 Å². The predicted molar refractivity (Wildman–Crippen MR) is 70.3 cm³/mol. The Labute approximate surface area is 108 Å². The smallest absolute Gasteiger partial charge is 0.321 e. The van der Waals surface area contributed by atoms with Gasteiger partial charge < -0.3 is 10.6 Å². The van der Waals surface area contributed by atoms with Gasteiger partial charge in [-0.3, -0.25) is 15.0 Å². The largest absolute Gasteiger partial charge is 0.338 e. The topological polar surface area (TPSA) is 73.5 Å². The summed E-state index contributed by atoms with van der Waals surface area (Å²) in [5.41, 5.74) is 0. The number of hydrogen-bond donors (Lipinski definition) is 3. The molecular formula is C12H24N4O2. The minimum atomic E-state index is -0.405. The number of rotatable bonds is 4. The molecule has 104 valence electrons. The van der Waals surface area contributed by atoms with Crippen LogP contribution in [-0.4, -0.2) is 55.1 Å². The molecule has 1 fully saturated rings. The highest BCUT2D eigenvalue weighted by molar-refractivity contribution is 5.95. The fourth-order valence-corrected chi connectivity index (χ4v) is 1.95. The maximum absolute atomic E-state index is 11.7. The quantitative estimate of drug-likeness (QED) is 0.657. The van der Waals surface area contributed by atoms with E-state index >= 15 is 0 Å². The first-order valence-corrected chi connectivity index (χ1v) is 6.58. The molecule has 1 rings (SSSR count). The first-order chi connectivity index (χ1) is 8.52. The molecular weight excluding hydrogens is 232 g/mol. The molecule has 6 heteroatoms. The summed E-state index contributed by atoms with van der Waals surface area (Å²) in [7, 11) is 0. The summed E-state index contributed by atoms with van der Waals surface area (Å²) in [6, 6.07) is 0.284. The molecule has 0 radical (unpaired) electrons. The van der Waals surface area contributed by atoms with Gasteiger partial charge in [-0.1, -0.05) is 6.92 Å². The second kappa shape index (κ2) is 7.33. The zero-order valence-corrected chi connectivity index (χ0v) is 11.5. The van der Waals surface area contributed by atoms with Crippen molar-refractivity contribution in [2.45, 2.75) is 39.3 Å². The van der Waals surface area contributed by atoms with E-state index in [9.17, 15) is 9.59 Å². The molecule has 18 heavy (non-hydrogen) atoms. The molecule has 3 amide bonds. The number of urea groups is 1. The van der Waals surface area contributed by atoms with E-state index in [1.807, 2.05) is 6.92 Å². The van der Waals surface area contributed by atoms with Crippen LogP contribution in [-0.2, 0) is 4.79 Å². The van der Waals surface area contributed by atoms with Crippen molar-refractivity contribution >= 4 is 11.9 Å². The van der Waals surface area contributed by atoms with Gasteiger partial charge in [-0.2, -0.15) is 0 Å². The van der Waals surface area contributed by atoms with Gasteiger partial charge in [0.15, 0.2) is 0 Å². The average Bonchev–Trinajstić information content (AvgIpc) is 2.31. The molecule has 1 saturated heterocycles. The van der Waals surface area contributed by atoms with Crippen LogP contribution in [0.15, 0.2) is 0 Å². The number of carbonyl (C=O) groups is 2. The molecule has 0 spiro atoms. The summed E-state index contributed by atoms with van der Waals surface area (Å²) in [4.78, 5) is 25.1. The molecule has 2 unspecified atom stereocenters. The van der Waals surface area contributed by atoms with Crippen LogP contribution < -0.4 is 16.0 Å². The van der Waals surface area contributed by atoms with Crippen molar-refractivity contribution in [1.29, 1.82) is 0 Å². The lowest BCUT2D eigenvalue weighted by Gasteiger charge is -2.36. The third kappa shape index (κ3) is 5.01. The number of nitrogens with one attached hydrogen (secondary N) is 3. The van der Waals surface area contributed by atoms with Gasteiger partial charge in [-0.15, -0.1) is 0 Å². The van der Waals surface area contributed by atoms with Gasteiger partial charge in [-0.25, -0.2) is 4.79 Å². The minimum Gasteiger partial charge on any atom is -0.338 e. The first-order valence-electron chi connectivity index (χ1n) is 6.58. The molecule has 0 aromatic heterocycles. The molecule has 0 aromatic carbocycles. The highest BCUT2D eigenvalue weighted by Crippen LogP contribution is 2.05. The van der Waals surface area contributed by atoms with Crippen molar-refractivity contribution in [3.8, 4) is 0 Å². The van der Waals surface area contributed by atoms with Crippen molar-refractivity contribution in [2.75, 3.05) is 26.2 Å². The van der Waals surface area contributed by atoms with Gasteiger partial charge in [0.25, 0.3) is 0 Å². The van der Waals surface area contributed by atoms with E-state index in [-0.39, 0.29) is 12.5 Å². The third-order valence-corrected chi connectivity index (χ3v) is 3.03. The lowest BCUT2D eigenvalue weighted by atomic mass is 10.1. The molecule has 3 N–H and O–H groups in total. The molecule has 2 atom stereocenters. The number of imide groups is 1. The van der Waals surface area contributed by atoms with Crippen molar-refractivity contribution < 1.29 is 9.59 Å². The van der Waals surface area contributed by atoms with Crippen molar-refractivity contribution in [3.05, 3.63) is 0 Å². The van der Waals surface area contributed by atoms with E-state index in [0.29, 0.717) is 18.6 Å². The highest BCUT2D eigenvalue weighted by atomic mass is 16.2. The summed E-state index contributed by atoms with van der Waals surface area (Å²) in [6.45, 7) is 8.68. The van der Waals surface area contributed by atoms with Crippen LogP contribution in [0.1, 0.15) is 27.2 Å². The van der Waals surface area contributed by atoms with Gasteiger partial charge in [0.1, 0.15) is 0 Å². The number of carbonyl (C=O) groups excluding carboxylic acids is 2. The van der Waals surface area contributed by atoms with Gasteiger partial charge in [0.05, 0.1) is 6.54 Å². The van der Waals surface area contributed by atoms with E-state index in [1.54, 1.807) is 0 Å². The Hall–Kier alpha value is -1.14. The Bertz CT molecular complexity index is 296. The highest BCUT2D eigenvalue weighted by Gasteiger charge is 2.24. The second-order valence-electron chi connectivity index (χ2n) is 4.89. The summed E-state index contributed by atoms with van der Waals surface area (Å²) >= 11 is 0. The lowest BCUT2D eigenvalue weighted by molar-refractivity contribution is -0.122. The summed E-state index contributed by atoms with van der Waals surface area (Å²) in [6.07, 6.45) is 0.855. The Morgan fingerprint density at radius 3 is 2.78 bits per heavy atom. The molecule has 1 aliphatic rings. The first kappa shape index (κ1) is 14.9. The van der Waals surface area contributed by atoms with Crippen LogP contribution in [0.25, 0.3) is 0 Å². The molecule has 1 aliphatic heterocycles. The number of hydrogen-bond acceptors (Lipinski definition) is 4. The van der Waals surface area contributed by atoms with Gasteiger partial charge in [0, 0.05) is 31.7 Å². The van der Waals surface area contributed by atoms with Crippen LogP contribution in [0.4, 0.5) is 4.79 Å².